The molecule has 0 aromatic heterocycles. The molecule has 2 aromatic carbocycles. The van der Waals surface area contributed by atoms with E-state index in [1.807, 2.05) is 0 Å². The van der Waals surface area contributed by atoms with Crippen LogP contribution in [0, 0.1) is 17.6 Å². The topological polar surface area (TPSA) is 35.5 Å². The van der Waals surface area contributed by atoms with Crippen LogP contribution in [0.4, 0.5) is 22.0 Å². The maximum absolute atomic E-state index is 14.4. The molecule has 0 aliphatic heterocycles. The molecule has 0 N–H and O–H groups in total. The number of hydrogen-bond donors (Lipinski definition) is 0. The van der Waals surface area contributed by atoms with Crippen LogP contribution >= 0.6 is 0 Å². The van der Waals surface area contributed by atoms with Gasteiger partial charge in [-0.3, -0.25) is 0 Å². The van der Waals surface area contributed by atoms with Gasteiger partial charge in [-0.05, 0) is 54.5 Å². The van der Waals surface area contributed by atoms with Gasteiger partial charge < -0.3 is 9.47 Å². The summed E-state index contributed by atoms with van der Waals surface area (Å²) in [6.07, 6.45) is -1.02. The van der Waals surface area contributed by atoms with E-state index in [-0.39, 0.29) is 17.2 Å². The molecule has 1 fully saturated rings. The third-order valence-corrected chi connectivity index (χ3v) is 5.04. The molecule has 29 heavy (non-hydrogen) atoms. The maximum atomic E-state index is 14.4. The van der Waals surface area contributed by atoms with Gasteiger partial charge in [0, 0.05) is 6.07 Å². The molecule has 1 aliphatic rings. The Labute approximate surface area is 164 Å². The van der Waals surface area contributed by atoms with Crippen molar-refractivity contribution in [2.75, 3.05) is 0 Å². The van der Waals surface area contributed by atoms with Crippen molar-refractivity contribution < 1.29 is 36.2 Å². The number of esters is 1. The van der Waals surface area contributed by atoms with Crippen LogP contribution < -0.4 is 9.47 Å². The second-order valence-corrected chi connectivity index (χ2v) is 7.23. The molecule has 3 nitrogen and oxygen atoms in total. The molecular formula is C21H19F5O3. The molecule has 2 aromatic rings. The van der Waals surface area contributed by atoms with Crippen molar-refractivity contribution in [1.82, 2.24) is 0 Å². The lowest BCUT2D eigenvalue weighted by Gasteiger charge is -2.26. The van der Waals surface area contributed by atoms with Crippen LogP contribution in [0.15, 0.2) is 36.4 Å². The zero-order valence-electron chi connectivity index (χ0n) is 15.6. The summed E-state index contributed by atoms with van der Waals surface area (Å²) >= 11 is 0. The normalized spacial score (nSPS) is 19.7. The van der Waals surface area contributed by atoms with Gasteiger partial charge in [0.1, 0.15) is 11.6 Å². The van der Waals surface area contributed by atoms with Crippen LogP contribution in [0.25, 0.3) is 0 Å². The van der Waals surface area contributed by atoms with Gasteiger partial charge in [-0.2, -0.15) is 0 Å². The lowest BCUT2D eigenvalue weighted by molar-refractivity contribution is -0.275. The fourth-order valence-electron chi connectivity index (χ4n) is 3.46. The molecule has 1 aliphatic carbocycles. The number of ether oxygens (including phenoxy) is 2. The first-order valence-electron chi connectivity index (χ1n) is 9.19. The summed E-state index contributed by atoms with van der Waals surface area (Å²) in [7, 11) is 0. The third kappa shape index (κ3) is 5.46. The third-order valence-electron chi connectivity index (χ3n) is 5.04. The second kappa shape index (κ2) is 8.39. The summed E-state index contributed by atoms with van der Waals surface area (Å²) in [6.45, 7) is 2.18. The van der Waals surface area contributed by atoms with Crippen molar-refractivity contribution >= 4 is 5.97 Å². The number of halogens is 5. The van der Waals surface area contributed by atoms with E-state index in [2.05, 4.69) is 11.7 Å². The molecule has 0 spiro atoms. The van der Waals surface area contributed by atoms with E-state index in [1.54, 1.807) is 6.07 Å². The SMILES string of the molecule is CC1CCC(c2ccc(C(=O)Oc3ccc(OC(F)(F)F)c(F)c3)c(F)c2)CC1. The molecule has 156 valence electrons. The fourth-order valence-corrected chi connectivity index (χ4v) is 3.46. The molecule has 0 saturated heterocycles. The summed E-state index contributed by atoms with van der Waals surface area (Å²) in [6, 6.07) is 6.45. The first kappa shape index (κ1) is 21.1. The van der Waals surface area contributed by atoms with Gasteiger partial charge >= 0.3 is 12.3 Å². The number of benzene rings is 2. The van der Waals surface area contributed by atoms with Crippen LogP contribution in [0.2, 0.25) is 0 Å². The van der Waals surface area contributed by atoms with Crippen molar-refractivity contribution in [2.45, 2.75) is 44.9 Å². The predicted molar refractivity (Wildman–Crippen MR) is 94.8 cm³/mol. The monoisotopic (exact) mass is 414 g/mol. The predicted octanol–water partition coefficient (Wildman–Crippen LogP) is 6.38. The van der Waals surface area contributed by atoms with Crippen molar-refractivity contribution in [3.05, 3.63) is 59.2 Å². The van der Waals surface area contributed by atoms with E-state index in [1.165, 1.54) is 12.1 Å². The standard InChI is InChI=1S/C21H19F5O3/c1-12-2-4-13(5-3-12)14-6-8-16(17(22)10-14)20(27)28-15-7-9-19(18(23)11-15)29-21(24,25)26/h6-13H,2-5H2,1H3. The molecule has 0 heterocycles. The Bertz CT molecular complexity index is 886. The average molecular weight is 414 g/mol. The quantitative estimate of drug-likeness (QED) is 0.331. The molecule has 1 saturated carbocycles. The molecule has 0 radical (unpaired) electrons. The summed E-state index contributed by atoms with van der Waals surface area (Å²) < 4.78 is 73.0. The Kier molecular flexibility index (Phi) is 6.10. The highest BCUT2D eigenvalue weighted by Gasteiger charge is 2.32. The minimum absolute atomic E-state index is 0.237. The van der Waals surface area contributed by atoms with Crippen LogP contribution in [0.1, 0.15) is 54.4 Å². The highest BCUT2D eigenvalue weighted by molar-refractivity contribution is 5.91. The number of rotatable bonds is 4. The number of carbonyl (C=O) groups is 1. The minimum atomic E-state index is -5.06. The van der Waals surface area contributed by atoms with E-state index in [9.17, 15) is 26.7 Å². The van der Waals surface area contributed by atoms with Crippen LogP contribution in [-0.4, -0.2) is 12.3 Å². The van der Waals surface area contributed by atoms with Gasteiger partial charge in [-0.1, -0.05) is 25.8 Å². The first-order chi connectivity index (χ1) is 13.6. The lowest BCUT2D eigenvalue weighted by Crippen LogP contribution is -2.18. The van der Waals surface area contributed by atoms with Gasteiger partial charge in [-0.25, -0.2) is 13.6 Å². The molecule has 0 amide bonds. The van der Waals surface area contributed by atoms with Gasteiger partial charge in [0.05, 0.1) is 5.56 Å². The average Bonchev–Trinajstić information content (AvgIpc) is 2.63. The lowest BCUT2D eigenvalue weighted by atomic mass is 9.79. The van der Waals surface area contributed by atoms with Crippen LogP contribution in [0.5, 0.6) is 11.5 Å². The molecule has 0 atom stereocenters. The zero-order valence-corrected chi connectivity index (χ0v) is 15.6. The highest BCUT2D eigenvalue weighted by Crippen LogP contribution is 2.36. The van der Waals surface area contributed by atoms with Crippen molar-refractivity contribution in [2.24, 2.45) is 5.92 Å². The molecular weight excluding hydrogens is 395 g/mol. The Morgan fingerprint density at radius 3 is 2.24 bits per heavy atom. The summed E-state index contributed by atoms with van der Waals surface area (Å²) in [5, 5.41) is 0. The molecule has 0 bridgehead atoms. The molecule has 8 heteroatoms. The Morgan fingerprint density at radius 2 is 1.66 bits per heavy atom. The molecule has 3 rings (SSSR count). The van der Waals surface area contributed by atoms with Gasteiger partial charge in [0.15, 0.2) is 11.6 Å². The molecule has 0 unspecified atom stereocenters. The van der Waals surface area contributed by atoms with E-state index < -0.39 is 29.7 Å². The van der Waals surface area contributed by atoms with Gasteiger partial charge in [0.2, 0.25) is 0 Å². The van der Waals surface area contributed by atoms with Crippen molar-refractivity contribution in [3.8, 4) is 11.5 Å². The minimum Gasteiger partial charge on any atom is -0.423 e. The van der Waals surface area contributed by atoms with Crippen LogP contribution in [0.3, 0.4) is 0 Å². The summed E-state index contributed by atoms with van der Waals surface area (Å²) in [5.41, 5.74) is 0.472. The van der Waals surface area contributed by atoms with Gasteiger partial charge in [0.25, 0.3) is 0 Å². The zero-order chi connectivity index (χ0) is 21.2. The number of carbonyl (C=O) groups excluding carboxylic acids is 1. The Morgan fingerprint density at radius 1 is 0.966 bits per heavy atom. The largest absolute Gasteiger partial charge is 0.573 e. The highest BCUT2D eigenvalue weighted by atomic mass is 19.4. The summed E-state index contributed by atoms with van der Waals surface area (Å²) in [4.78, 5) is 12.2. The van der Waals surface area contributed by atoms with E-state index in [4.69, 9.17) is 4.74 Å². The van der Waals surface area contributed by atoms with Gasteiger partial charge in [-0.15, -0.1) is 13.2 Å². The van der Waals surface area contributed by atoms with Crippen LogP contribution in [-0.2, 0) is 0 Å². The van der Waals surface area contributed by atoms with E-state index in [0.717, 1.165) is 37.3 Å². The Hall–Kier alpha value is -2.64. The smallest absolute Gasteiger partial charge is 0.423 e. The maximum Gasteiger partial charge on any atom is 0.573 e. The number of alkyl halides is 3. The fraction of sp³-hybridized carbons (Fsp3) is 0.381. The first-order valence-corrected chi connectivity index (χ1v) is 9.19. The van der Waals surface area contributed by atoms with E-state index in [0.29, 0.717) is 18.1 Å². The van der Waals surface area contributed by atoms with E-state index >= 15 is 0 Å². The van der Waals surface area contributed by atoms with Crippen molar-refractivity contribution in [3.63, 3.8) is 0 Å². The number of hydrogen-bond acceptors (Lipinski definition) is 3. The van der Waals surface area contributed by atoms with Crippen molar-refractivity contribution in [1.29, 1.82) is 0 Å². The second-order valence-electron chi connectivity index (χ2n) is 7.23. The summed E-state index contributed by atoms with van der Waals surface area (Å²) in [5.74, 6) is -3.74. The Balaban J connectivity index is 1.70.